The summed E-state index contributed by atoms with van der Waals surface area (Å²) < 4.78 is 26.1. The van der Waals surface area contributed by atoms with E-state index in [-0.39, 0.29) is 25.0 Å². The Bertz CT molecular complexity index is 1060. The first-order chi connectivity index (χ1) is 16.1. The summed E-state index contributed by atoms with van der Waals surface area (Å²) in [6.45, 7) is 3.52. The molecule has 1 aliphatic rings. The van der Waals surface area contributed by atoms with Crippen molar-refractivity contribution in [2.75, 3.05) is 17.1 Å². The fraction of sp³-hybridized carbons (Fsp3) is 0.462. The van der Waals surface area contributed by atoms with E-state index in [0.29, 0.717) is 5.69 Å². The highest BCUT2D eigenvalue weighted by molar-refractivity contribution is 7.92. The lowest BCUT2D eigenvalue weighted by molar-refractivity contribution is -0.139. The zero-order valence-corrected chi connectivity index (χ0v) is 21.1. The second-order valence-corrected chi connectivity index (χ2v) is 11.0. The molecule has 1 unspecified atom stereocenters. The number of hydrogen-bond acceptors (Lipinski definition) is 4. The molecule has 7 nitrogen and oxygen atoms in total. The summed E-state index contributed by atoms with van der Waals surface area (Å²) in [5, 5.41) is 3.10. The fourth-order valence-electron chi connectivity index (χ4n) is 4.25. The molecule has 0 saturated heterocycles. The molecule has 3 rings (SSSR count). The summed E-state index contributed by atoms with van der Waals surface area (Å²) >= 11 is 0. The molecule has 184 valence electrons. The maximum absolute atomic E-state index is 13.5. The number of carbonyl (C=O) groups is 2. The van der Waals surface area contributed by atoms with Crippen LogP contribution in [0.15, 0.2) is 54.6 Å². The molecular weight excluding hydrogens is 450 g/mol. The average molecular weight is 486 g/mol. The van der Waals surface area contributed by atoms with Gasteiger partial charge in [-0.05, 0) is 44.4 Å². The summed E-state index contributed by atoms with van der Waals surface area (Å²) in [7, 11) is -3.71. The van der Waals surface area contributed by atoms with E-state index in [1.807, 2.05) is 31.2 Å². The number of rotatable bonds is 9. The van der Waals surface area contributed by atoms with E-state index in [4.69, 9.17) is 0 Å². The number of aryl methyl sites for hydroxylation is 1. The Hall–Kier alpha value is -2.87. The minimum Gasteiger partial charge on any atom is -0.352 e. The van der Waals surface area contributed by atoms with Crippen molar-refractivity contribution in [1.29, 1.82) is 0 Å². The van der Waals surface area contributed by atoms with E-state index in [9.17, 15) is 18.0 Å². The van der Waals surface area contributed by atoms with Gasteiger partial charge in [0.15, 0.2) is 0 Å². The summed E-state index contributed by atoms with van der Waals surface area (Å²) in [4.78, 5) is 28.1. The van der Waals surface area contributed by atoms with E-state index in [1.54, 1.807) is 37.3 Å². The van der Waals surface area contributed by atoms with Gasteiger partial charge in [-0.1, -0.05) is 67.3 Å². The zero-order valence-electron chi connectivity index (χ0n) is 20.2. The van der Waals surface area contributed by atoms with Crippen molar-refractivity contribution in [1.82, 2.24) is 10.2 Å². The van der Waals surface area contributed by atoms with Crippen LogP contribution in [0, 0.1) is 6.92 Å². The van der Waals surface area contributed by atoms with E-state index in [0.717, 1.165) is 47.4 Å². The molecule has 0 spiro atoms. The summed E-state index contributed by atoms with van der Waals surface area (Å²) in [5.74, 6) is -0.640. The van der Waals surface area contributed by atoms with Crippen LogP contribution in [-0.4, -0.2) is 50.0 Å². The van der Waals surface area contributed by atoms with Crippen molar-refractivity contribution in [3.05, 3.63) is 65.7 Å². The number of para-hydroxylation sites is 1. The molecule has 0 heterocycles. The second-order valence-electron chi connectivity index (χ2n) is 9.13. The van der Waals surface area contributed by atoms with Crippen LogP contribution in [0.1, 0.15) is 50.2 Å². The minimum absolute atomic E-state index is 0.122. The topological polar surface area (TPSA) is 86.8 Å². The van der Waals surface area contributed by atoms with Crippen molar-refractivity contribution in [3.63, 3.8) is 0 Å². The zero-order chi connectivity index (χ0) is 24.7. The molecule has 2 aromatic carbocycles. The predicted molar refractivity (Wildman–Crippen MR) is 135 cm³/mol. The van der Waals surface area contributed by atoms with Gasteiger partial charge < -0.3 is 10.2 Å². The van der Waals surface area contributed by atoms with Crippen molar-refractivity contribution in [3.8, 4) is 0 Å². The van der Waals surface area contributed by atoms with Crippen LogP contribution >= 0.6 is 0 Å². The minimum atomic E-state index is -3.71. The Balaban J connectivity index is 1.84. The van der Waals surface area contributed by atoms with Crippen LogP contribution in [0.5, 0.6) is 0 Å². The van der Waals surface area contributed by atoms with Crippen LogP contribution in [0.25, 0.3) is 0 Å². The largest absolute Gasteiger partial charge is 0.352 e. The van der Waals surface area contributed by atoms with Crippen LogP contribution in [0.4, 0.5) is 5.69 Å². The first-order valence-corrected chi connectivity index (χ1v) is 13.7. The highest BCUT2D eigenvalue weighted by atomic mass is 32.2. The third-order valence-electron chi connectivity index (χ3n) is 6.32. The molecule has 0 bridgehead atoms. The first kappa shape index (κ1) is 25.7. The number of anilines is 1. The third-order valence-corrected chi connectivity index (χ3v) is 7.46. The van der Waals surface area contributed by atoms with E-state index >= 15 is 0 Å². The maximum atomic E-state index is 13.5. The lowest BCUT2D eigenvalue weighted by Gasteiger charge is -2.33. The lowest BCUT2D eigenvalue weighted by atomic mass is 9.95. The van der Waals surface area contributed by atoms with Gasteiger partial charge in [-0.25, -0.2) is 8.42 Å². The highest BCUT2D eigenvalue weighted by Gasteiger charge is 2.31. The van der Waals surface area contributed by atoms with Crippen molar-refractivity contribution >= 4 is 27.5 Å². The second kappa shape index (κ2) is 11.5. The molecule has 1 fully saturated rings. The molecule has 0 radical (unpaired) electrons. The number of sulfonamides is 1. The molecule has 2 aromatic rings. The molecule has 34 heavy (non-hydrogen) atoms. The normalized spacial score (nSPS) is 15.4. The maximum Gasteiger partial charge on any atom is 0.244 e. The number of carbonyl (C=O) groups excluding carboxylic acids is 2. The Labute approximate surface area is 203 Å². The van der Waals surface area contributed by atoms with Crippen molar-refractivity contribution in [2.45, 2.75) is 64.6 Å². The Kier molecular flexibility index (Phi) is 8.72. The predicted octanol–water partition coefficient (Wildman–Crippen LogP) is 3.63. The van der Waals surface area contributed by atoms with Gasteiger partial charge >= 0.3 is 0 Å². The SMILES string of the molecule is Cc1ccc(CN(C(=O)CN(c2ccccc2)S(C)(=O)=O)C(C)C(=O)NC2CCCCC2)cc1. The Morgan fingerprint density at radius 2 is 1.62 bits per heavy atom. The number of benzene rings is 2. The van der Waals surface area contributed by atoms with Gasteiger partial charge in [0.05, 0.1) is 11.9 Å². The number of nitrogens with zero attached hydrogens (tertiary/aromatic N) is 2. The third kappa shape index (κ3) is 7.06. The monoisotopic (exact) mass is 485 g/mol. The van der Waals surface area contributed by atoms with Crippen LogP contribution < -0.4 is 9.62 Å². The summed E-state index contributed by atoms with van der Waals surface area (Å²) in [5.41, 5.74) is 2.38. The van der Waals surface area contributed by atoms with Gasteiger partial charge in [-0.15, -0.1) is 0 Å². The lowest BCUT2D eigenvalue weighted by Crippen LogP contribution is -2.52. The van der Waals surface area contributed by atoms with E-state index in [2.05, 4.69) is 5.32 Å². The average Bonchev–Trinajstić information content (AvgIpc) is 2.82. The number of amides is 2. The Morgan fingerprint density at radius 3 is 2.21 bits per heavy atom. The molecule has 2 amide bonds. The van der Waals surface area contributed by atoms with Crippen LogP contribution in [-0.2, 0) is 26.2 Å². The van der Waals surface area contributed by atoms with Crippen molar-refractivity contribution < 1.29 is 18.0 Å². The van der Waals surface area contributed by atoms with Gasteiger partial charge in [-0.3, -0.25) is 13.9 Å². The van der Waals surface area contributed by atoms with E-state index in [1.165, 1.54) is 11.3 Å². The highest BCUT2D eigenvalue weighted by Crippen LogP contribution is 2.20. The summed E-state index contributed by atoms with van der Waals surface area (Å²) in [6, 6.07) is 15.7. The molecule has 1 saturated carbocycles. The molecule has 8 heteroatoms. The van der Waals surface area contributed by atoms with E-state index < -0.39 is 22.0 Å². The molecular formula is C26H35N3O4S. The quantitative estimate of drug-likeness (QED) is 0.588. The van der Waals surface area contributed by atoms with Gasteiger partial charge in [0, 0.05) is 12.6 Å². The number of hydrogen-bond donors (Lipinski definition) is 1. The fourth-order valence-corrected chi connectivity index (χ4v) is 5.10. The Morgan fingerprint density at radius 1 is 1.00 bits per heavy atom. The van der Waals surface area contributed by atoms with Gasteiger partial charge in [0.1, 0.15) is 12.6 Å². The standard InChI is InChI=1S/C26H35N3O4S/c1-20-14-16-22(17-15-20)18-28(21(2)26(31)27-23-10-6-4-7-11-23)25(30)19-29(34(3,32)33)24-12-8-5-9-13-24/h5,8-9,12-17,21,23H,4,6-7,10-11,18-19H2,1-3H3,(H,27,31). The molecule has 1 N–H and O–H groups in total. The van der Waals surface area contributed by atoms with Gasteiger partial charge in [0.2, 0.25) is 21.8 Å². The first-order valence-electron chi connectivity index (χ1n) is 11.8. The van der Waals surface area contributed by atoms with Crippen LogP contribution in [0.3, 0.4) is 0 Å². The molecule has 1 aliphatic carbocycles. The van der Waals surface area contributed by atoms with Gasteiger partial charge in [0.25, 0.3) is 0 Å². The summed E-state index contributed by atoms with van der Waals surface area (Å²) in [6.07, 6.45) is 6.33. The molecule has 0 aliphatic heterocycles. The van der Waals surface area contributed by atoms with Crippen LogP contribution in [0.2, 0.25) is 0 Å². The number of nitrogens with one attached hydrogen (secondary N) is 1. The molecule has 0 aromatic heterocycles. The van der Waals surface area contributed by atoms with Crippen molar-refractivity contribution in [2.24, 2.45) is 0 Å². The molecule has 1 atom stereocenters. The smallest absolute Gasteiger partial charge is 0.244 e. The van der Waals surface area contributed by atoms with Gasteiger partial charge in [-0.2, -0.15) is 0 Å².